The van der Waals surface area contributed by atoms with E-state index in [4.69, 9.17) is 15.2 Å². The first kappa shape index (κ1) is 21.0. The van der Waals surface area contributed by atoms with Gasteiger partial charge in [0.05, 0.1) is 0 Å². The Morgan fingerprint density at radius 3 is 2.67 bits per heavy atom. The summed E-state index contributed by atoms with van der Waals surface area (Å²) in [6.07, 6.45) is -0.326. The number of rotatable bonds is 7. The Morgan fingerprint density at radius 1 is 1.20 bits per heavy atom. The zero-order valence-corrected chi connectivity index (χ0v) is 19.1. The second kappa shape index (κ2) is 8.88. The molecule has 4 rings (SSSR count). The van der Waals surface area contributed by atoms with Gasteiger partial charge in [0.15, 0.2) is 28.5 Å². The number of fused-ring (bicyclic) bond motifs is 2. The lowest BCUT2D eigenvalue weighted by Gasteiger charge is -2.20. The van der Waals surface area contributed by atoms with Crippen molar-refractivity contribution in [3.05, 3.63) is 33.2 Å². The Labute approximate surface area is 187 Å². The van der Waals surface area contributed by atoms with Crippen molar-refractivity contribution in [1.82, 2.24) is 24.8 Å². The molecule has 1 aliphatic rings. The smallest absolute Gasteiger partial charge is 0.312 e. The maximum absolute atomic E-state index is 13.9. The molecule has 30 heavy (non-hydrogen) atoms. The lowest BCUT2D eigenvalue weighted by atomic mass is 10.1. The maximum atomic E-state index is 13.9. The van der Waals surface area contributed by atoms with Crippen LogP contribution in [0.1, 0.15) is 25.2 Å². The summed E-state index contributed by atoms with van der Waals surface area (Å²) in [6, 6.07) is 3.95. The van der Waals surface area contributed by atoms with Crippen LogP contribution in [0.4, 0.5) is 10.2 Å². The van der Waals surface area contributed by atoms with E-state index in [0.717, 1.165) is 33.0 Å². The Bertz CT molecular complexity index is 1070. The molecule has 0 atom stereocenters. The molecular formula is C20H24FIN6O2. The molecule has 3 heterocycles. The van der Waals surface area contributed by atoms with E-state index < -0.39 is 6.08 Å². The van der Waals surface area contributed by atoms with Crippen LogP contribution in [0, 0.1) is 15.6 Å². The highest BCUT2D eigenvalue weighted by molar-refractivity contribution is 14.1. The van der Waals surface area contributed by atoms with Gasteiger partial charge >= 0.3 is 6.08 Å². The highest BCUT2D eigenvalue weighted by Gasteiger charge is 2.20. The fourth-order valence-electron chi connectivity index (χ4n) is 3.40. The molecule has 0 spiro atoms. The summed E-state index contributed by atoms with van der Waals surface area (Å²) >= 11 is 2.28. The Kier molecular flexibility index (Phi) is 6.23. The van der Waals surface area contributed by atoms with Crippen molar-refractivity contribution in [2.24, 2.45) is 5.92 Å². The Hall–Kier alpha value is -2.21. The minimum atomic E-state index is -0.850. The van der Waals surface area contributed by atoms with Crippen molar-refractivity contribution >= 4 is 39.6 Å². The molecule has 10 heteroatoms. The summed E-state index contributed by atoms with van der Waals surface area (Å²) in [7, 11) is 0. The van der Waals surface area contributed by atoms with Crippen molar-refractivity contribution in [2.45, 2.75) is 26.8 Å². The van der Waals surface area contributed by atoms with E-state index in [9.17, 15) is 4.39 Å². The third-order valence-electron chi connectivity index (χ3n) is 4.80. The summed E-state index contributed by atoms with van der Waals surface area (Å²) in [6.45, 7) is 7.57. The zero-order chi connectivity index (χ0) is 21.3. The van der Waals surface area contributed by atoms with Gasteiger partial charge in [-0.3, -0.25) is 0 Å². The fraction of sp³-hybridized carbons (Fsp3) is 0.450. The first-order chi connectivity index (χ1) is 14.4. The second-order valence-corrected chi connectivity index (χ2v) is 8.75. The van der Waals surface area contributed by atoms with Crippen LogP contribution in [0.5, 0.6) is 11.5 Å². The number of nitrogens with zero attached hydrogens (tertiary/aromatic N) is 4. The first-order valence-electron chi connectivity index (χ1n) is 9.89. The van der Waals surface area contributed by atoms with Gasteiger partial charge in [0.2, 0.25) is 0 Å². The van der Waals surface area contributed by atoms with Crippen LogP contribution >= 0.6 is 22.6 Å². The van der Waals surface area contributed by atoms with Crippen molar-refractivity contribution in [1.29, 1.82) is 0 Å². The average Bonchev–Trinajstić information content (AvgIpc) is 3.03. The van der Waals surface area contributed by atoms with Gasteiger partial charge in [0, 0.05) is 23.1 Å². The number of anilines is 1. The molecule has 0 saturated heterocycles. The molecule has 0 aliphatic carbocycles. The van der Waals surface area contributed by atoms with Crippen LogP contribution in [-0.4, -0.2) is 45.8 Å². The second-order valence-electron chi connectivity index (χ2n) is 7.59. The molecule has 0 radical (unpaired) electrons. The number of halogens is 2. The summed E-state index contributed by atoms with van der Waals surface area (Å²) in [5.41, 5.74) is 7.80. The number of aromatic nitrogens is 4. The SMILES string of the molecule is CC(C)CNCCn1c(Cc2cc3c(cc2[131I])OCCO3)nc2c(N)nc(F)nc21. The molecule has 3 aromatic rings. The predicted octanol–water partition coefficient (Wildman–Crippen LogP) is 2.76. The molecule has 3 N–H and O–H groups in total. The minimum absolute atomic E-state index is 0.0458. The van der Waals surface area contributed by atoms with E-state index in [1.807, 2.05) is 16.7 Å². The molecule has 2 aromatic heterocycles. The van der Waals surface area contributed by atoms with Crippen molar-refractivity contribution < 1.29 is 13.9 Å². The highest BCUT2D eigenvalue weighted by Crippen LogP contribution is 2.35. The van der Waals surface area contributed by atoms with Crippen molar-refractivity contribution in [3.8, 4) is 11.5 Å². The zero-order valence-electron chi connectivity index (χ0n) is 16.9. The number of nitrogens with two attached hydrogens (primary N) is 1. The van der Waals surface area contributed by atoms with Crippen LogP contribution in [-0.2, 0) is 13.0 Å². The van der Waals surface area contributed by atoms with Crippen LogP contribution in [0.2, 0.25) is 0 Å². The summed E-state index contributed by atoms with van der Waals surface area (Å²) in [4.78, 5) is 12.3. The molecule has 160 valence electrons. The topological polar surface area (TPSA) is 100 Å². The molecule has 0 bridgehead atoms. The standard InChI is InChI=1S/C20H24FIN6O2/c1-11(2)10-24-3-4-28-16(25-17-18(23)26-20(21)27-19(17)28)8-12-7-14-15(9-13(12)22)30-6-5-29-14/h7,9,11,24H,3-6,8,10H2,1-2H3,(H2,23,26,27)/i22+4. The lowest BCUT2D eigenvalue weighted by molar-refractivity contribution is 0.171. The summed E-state index contributed by atoms with van der Waals surface area (Å²) in [5, 5.41) is 3.41. The van der Waals surface area contributed by atoms with E-state index in [0.29, 0.717) is 49.8 Å². The normalized spacial score (nSPS) is 13.4. The average molecular weight is 530 g/mol. The number of benzene rings is 1. The van der Waals surface area contributed by atoms with Crippen LogP contribution < -0.4 is 20.5 Å². The molecule has 0 saturated carbocycles. The number of nitrogens with one attached hydrogen (secondary N) is 1. The van der Waals surface area contributed by atoms with E-state index in [1.165, 1.54) is 0 Å². The Balaban J connectivity index is 1.69. The fourth-order valence-corrected chi connectivity index (χ4v) is 4.03. The number of hydrogen-bond donors (Lipinski definition) is 2. The number of hydrogen-bond acceptors (Lipinski definition) is 7. The molecule has 0 unspecified atom stereocenters. The number of ether oxygens (including phenoxy) is 2. The highest BCUT2D eigenvalue weighted by atomic mass is 131. The summed E-state index contributed by atoms with van der Waals surface area (Å²) in [5.74, 6) is 2.81. The van der Waals surface area contributed by atoms with Gasteiger partial charge in [-0.25, -0.2) is 4.98 Å². The van der Waals surface area contributed by atoms with Gasteiger partial charge in [0.1, 0.15) is 19.0 Å². The number of nitrogen functional groups attached to an aromatic ring is 1. The number of imidazole rings is 1. The summed E-state index contributed by atoms with van der Waals surface area (Å²) < 4.78 is 28.2. The molecule has 1 aliphatic heterocycles. The van der Waals surface area contributed by atoms with Crippen LogP contribution in [0.25, 0.3) is 11.2 Å². The van der Waals surface area contributed by atoms with E-state index in [1.54, 1.807) is 0 Å². The molecule has 0 amide bonds. The quantitative estimate of drug-likeness (QED) is 0.275. The van der Waals surface area contributed by atoms with Gasteiger partial charge in [-0.1, -0.05) is 13.8 Å². The largest absolute Gasteiger partial charge is 0.486 e. The predicted molar refractivity (Wildman–Crippen MR) is 120 cm³/mol. The van der Waals surface area contributed by atoms with Crippen molar-refractivity contribution in [2.75, 3.05) is 32.0 Å². The molecule has 0 fully saturated rings. The van der Waals surface area contributed by atoms with Gasteiger partial charge < -0.3 is 25.1 Å². The van der Waals surface area contributed by atoms with E-state index >= 15 is 0 Å². The van der Waals surface area contributed by atoms with Crippen molar-refractivity contribution in [3.63, 3.8) is 0 Å². The lowest BCUT2D eigenvalue weighted by Crippen LogP contribution is -2.25. The minimum Gasteiger partial charge on any atom is -0.486 e. The van der Waals surface area contributed by atoms with Crippen LogP contribution in [0.15, 0.2) is 12.1 Å². The maximum Gasteiger partial charge on any atom is 0.312 e. The van der Waals surface area contributed by atoms with Gasteiger partial charge in [-0.05, 0) is 52.7 Å². The monoisotopic (exact) mass is 530 g/mol. The molecule has 8 nitrogen and oxygen atoms in total. The third-order valence-corrected chi connectivity index (χ3v) is 5.80. The van der Waals surface area contributed by atoms with E-state index in [-0.39, 0.29) is 5.82 Å². The van der Waals surface area contributed by atoms with Gasteiger partial charge in [0.25, 0.3) is 0 Å². The molecular weight excluding hydrogens is 506 g/mol. The molecule has 1 aromatic carbocycles. The van der Waals surface area contributed by atoms with E-state index in [2.05, 4.69) is 56.7 Å². The van der Waals surface area contributed by atoms with Gasteiger partial charge in [-0.2, -0.15) is 14.4 Å². The van der Waals surface area contributed by atoms with Gasteiger partial charge in [-0.15, -0.1) is 0 Å². The third kappa shape index (κ3) is 4.43. The Morgan fingerprint density at radius 2 is 1.93 bits per heavy atom. The van der Waals surface area contributed by atoms with Crippen LogP contribution in [0.3, 0.4) is 0 Å². The first-order valence-corrected chi connectivity index (χ1v) is 11.0.